The van der Waals surface area contributed by atoms with Gasteiger partial charge < -0.3 is 19.5 Å². The molecule has 2 aromatic carbocycles. The number of hydrogen-bond acceptors (Lipinski definition) is 6. The van der Waals surface area contributed by atoms with Gasteiger partial charge in [0.15, 0.2) is 11.5 Å². The van der Waals surface area contributed by atoms with Crippen LogP contribution in [0.4, 0.5) is 5.69 Å². The van der Waals surface area contributed by atoms with Gasteiger partial charge in [-0.15, -0.1) is 11.3 Å². The highest BCUT2D eigenvalue weighted by molar-refractivity contribution is 7.17. The molecule has 0 aliphatic carbocycles. The summed E-state index contributed by atoms with van der Waals surface area (Å²) in [6, 6.07) is 17.8. The molecule has 2 aliphatic heterocycles. The number of nitrogens with zero attached hydrogens (tertiary/aromatic N) is 1. The first-order valence-corrected chi connectivity index (χ1v) is 11.3. The van der Waals surface area contributed by atoms with Gasteiger partial charge in [-0.05, 0) is 53.6 Å². The first kappa shape index (κ1) is 20.1. The lowest BCUT2D eigenvalue weighted by atomic mass is 10.1. The molecule has 31 heavy (non-hydrogen) atoms. The van der Waals surface area contributed by atoms with Gasteiger partial charge in [-0.3, -0.25) is 9.69 Å². The minimum absolute atomic E-state index is 0.102. The smallest absolute Gasteiger partial charge is 0.265 e. The van der Waals surface area contributed by atoms with Crippen molar-refractivity contribution < 1.29 is 19.0 Å². The second kappa shape index (κ2) is 9.09. The summed E-state index contributed by atoms with van der Waals surface area (Å²) in [5.74, 6) is 1.41. The van der Waals surface area contributed by atoms with Crippen LogP contribution in [-0.2, 0) is 11.3 Å². The van der Waals surface area contributed by atoms with Gasteiger partial charge in [-0.2, -0.15) is 0 Å². The number of morpholine rings is 1. The fourth-order valence-corrected chi connectivity index (χ4v) is 4.61. The average molecular weight is 437 g/mol. The summed E-state index contributed by atoms with van der Waals surface area (Å²) in [6.45, 7) is 5.54. The Hall–Kier alpha value is -2.87. The first-order chi connectivity index (χ1) is 15.2. The highest BCUT2D eigenvalue weighted by Crippen LogP contribution is 2.37. The quantitative estimate of drug-likeness (QED) is 0.647. The van der Waals surface area contributed by atoms with Gasteiger partial charge in [0.05, 0.1) is 18.1 Å². The monoisotopic (exact) mass is 436 g/mol. The third-order valence-corrected chi connectivity index (χ3v) is 6.51. The minimum Gasteiger partial charge on any atom is -0.486 e. The van der Waals surface area contributed by atoms with Crippen LogP contribution in [-0.4, -0.2) is 50.3 Å². The molecular formula is C24H24N2O4S. The molecule has 0 unspecified atom stereocenters. The molecule has 6 nitrogen and oxygen atoms in total. The maximum absolute atomic E-state index is 12.7. The van der Waals surface area contributed by atoms with Crippen molar-refractivity contribution in [1.82, 2.24) is 4.90 Å². The van der Waals surface area contributed by atoms with Crippen LogP contribution in [0.2, 0.25) is 0 Å². The van der Waals surface area contributed by atoms with Gasteiger partial charge in [0.1, 0.15) is 13.2 Å². The van der Waals surface area contributed by atoms with Crippen molar-refractivity contribution in [3.05, 3.63) is 65.0 Å². The molecule has 2 aliphatic rings. The third-order valence-electron chi connectivity index (χ3n) is 5.38. The molecule has 7 heteroatoms. The Labute approximate surface area is 185 Å². The Morgan fingerprint density at radius 1 is 0.903 bits per heavy atom. The molecule has 1 N–H and O–H groups in total. The Kier molecular flexibility index (Phi) is 5.88. The Morgan fingerprint density at radius 3 is 2.48 bits per heavy atom. The highest BCUT2D eigenvalue weighted by atomic mass is 32.1. The van der Waals surface area contributed by atoms with E-state index < -0.39 is 0 Å². The van der Waals surface area contributed by atoms with Gasteiger partial charge in [0, 0.05) is 30.2 Å². The number of rotatable bonds is 5. The topological polar surface area (TPSA) is 60.0 Å². The average Bonchev–Trinajstić information content (AvgIpc) is 3.31. The van der Waals surface area contributed by atoms with Crippen molar-refractivity contribution in [3.63, 3.8) is 0 Å². The molecule has 5 rings (SSSR count). The largest absolute Gasteiger partial charge is 0.486 e. The van der Waals surface area contributed by atoms with Crippen molar-refractivity contribution in [2.24, 2.45) is 0 Å². The number of amides is 1. The van der Waals surface area contributed by atoms with E-state index in [0.29, 0.717) is 18.1 Å². The zero-order chi connectivity index (χ0) is 21.0. The van der Waals surface area contributed by atoms with Gasteiger partial charge >= 0.3 is 0 Å². The fraction of sp³-hybridized carbons (Fsp3) is 0.292. The molecule has 0 spiro atoms. The van der Waals surface area contributed by atoms with E-state index in [0.717, 1.165) is 60.5 Å². The van der Waals surface area contributed by atoms with Crippen LogP contribution in [0.5, 0.6) is 11.5 Å². The zero-order valence-electron chi connectivity index (χ0n) is 17.1. The van der Waals surface area contributed by atoms with E-state index in [9.17, 15) is 4.79 Å². The van der Waals surface area contributed by atoms with Gasteiger partial charge in [-0.1, -0.05) is 12.1 Å². The van der Waals surface area contributed by atoms with Crippen LogP contribution < -0.4 is 14.8 Å². The van der Waals surface area contributed by atoms with Crippen LogP contribution >= 0.6 is 11.3 Å². The number of benzene rings is 2. The first-order valence-electron chi connectivity index (χ1n) is 10.4. The third kappa shape index (κ3) is 4.74. The summed E-state index contributed by atoms with van der Waals surface area (Å²) in [5, 5.41) is 3.00. The Balaban J connectivity index is 1.22. The number of fused-ring (bicyclic) bond motifs is 1. The fourth-order valence-electron chi connectivity index (χ4n) is 3.72. The maximum atomic E-state index is 12.7. The van der Waals surface area contributed by atoms with E-state index in [4.69, 9.17) is 14.2 Å². The van der Waals surface area contributed by atoms with E-state index in [-0.39, 0.29) is 5.91 Å². The lowest BCUT2D eigenvalue weighted by Crippen LogP contribution is -2.35. The number of hydrogen-bond donors (Lipinski definition) is 1. The standard InChI is InChI=1S/C24H24N2O4S/c27-24(25-19-4-1-17(2-5-19)16-26-9-11-28-12-10-26)23-8-7-22(31-23)18-3-6-20-21(15-18)30-14-13-29-20/h1-8,15H,9-14,16H2,(H,25,27). The number of carbonyl (C=O) groups is 1. The number of thiophene rings is 1. The Bertz CT molecular complexity index is 1060. The lowest BCUT2D eigenvalue weighted by molar-refractivity contribution is 0.0342. The van der Waals surface area contributed by atoms with E-state index in [2.05, 4.69) is 22.3 Å². The molecule has 0 atom stereocenters. The minimum atomic E-state index is -0.102. The van der Waals surface area contributed by atoms with E-state index in [1.165, 1.54) is 16.9 Å². The summed E-state index contributed by atoms with van der Waals surface area (Å²) >= 11 is 1.46. The van der Waals surface area contributed by atoms with Crippen LogP contribution in [0.15, 0.2) is 54.6 Å². The number of nitrogens with one attached hydrogen (secondary N) is 1. The summed E-state index contributed by atoms with van der Waals surface area (Å²) in [6.07, 6.45) is 0. The summed E-state index contributed by atoms with van der Waals surface area (Å²) in [5.41, 5.74) is 3.04. The van der Waals surface area contributed by atoms with Crippen LogP contribution in [0.3, 0.4) is 0 Å². The summed E-state index contributed by atoms with van der Waals surface area (Å²) in [4.78, 5) is 16.8. The molecule has 3 heterocycles. The zero-order valence-corrected chi connectivity index (χ0v) is 18.0. The molecule has 1 saturated heterocycles. The van der Waals surface area contributed by atoms with Crippen molar-refractivity contribution in [2.45, 2.75) is 6.54 Å². The molecule has 160 valence electrons. The number of ether oxygens (including phenoxy) is 3. The SMILES string of the molecule is O=C(Nc1ccc(CN2CCOCC2)cc1)c1ccc(-c2ccc3c(c2)OCCO3)s1. The van der Waals surface area contributed by atoms with Gasteiger partial charge in [0.25, 0.3) is 5.91 Å². The molecule has 1 fully saturated rings. The van der Waals surface area contributed by atoms with Crippen LogP contribution in [0.25, 0.3) is 10.4 Å². The van der Waals surface area contributed by atoms with Crippen molar-refractivity contribution in [2.75, 3.05) is 44.8 Å². The molecular weight excluding hydrogens is 412 g/mol. The number of anilines is 1. The van der Waals surface area contributed by atoms with E-state index in [1.54, 1.807) is 0 Å². The predicted octanol–water partition coefficient (Wildman–Crippen LogP) is 4.27. The molecule has 0 bridgehead atoms. The van der Waals surface area contributed by atoms with Gasteiger partial charge in [0.2, 0.25) is 0 Å². The summed E-state index contributed by atoms with van der Waals surface area (Å²) < 4.78 is 16.6. The second-order valence-electron chi connectivity index (χ2n) is 7.56. The van der Waals surface area contributed by atoms with E-state index >= 15 is 0 Å². The van der Waals surface area contributed by atoms with E-state index in [1.807, 2.05) is 42.5 Å². The highest BCUT2D eigenvalue weighted by Gasteiger charge is 2.15. The Morgan fingerprint density at radius 2 is 1.68 bits per heavy atom. The normalized spacial score (nSPS) is 16.1. The lowest BCUT2D eigenvalue weighted by Gasteiger charge is -2.26. The van der Waals surface area contributed by atoms with Crippen LogP contribution in [0, 0.1) is 0 Å². The molecule has 0 radical (unpaired) electrons. The second-order valence-corrected chi connectivity index (χ2v) is 8.65. The van der Waals surface area contributed by atoms with Crippen molar-refractivity contribution in [1.29, 1.82) is 0 Å². The van der Waals surface area contributed by atoms with Crippen molar-refractivity contribution in [3.8, 4) is 21.9 Å². The predicted molar refractivity (Wildman–Crippen MR) is 121 cm³/mol. The van der Waals surface area contributed by atoms with Gasteiger partial charge in [-0.25, -0.2) is 0 Å². The van der Waals surface area contributed by atoms with Crippen LogP contribution in [0.1, 0.15) is 15.2 Å². The molecule has 0 saturated carbocycles. The molecule has 1 amide bonds. The number of carbonyl (C=O) groups excluding carboxylic acids is 1. The molecule has 3 aromatic rings. The maximum Gasteiger partial charge on any atom is 0.265 e. The van der Waals surface area contributed by atoms with Crippen molar-refractivity contribution >= 4 is 22.9 Å². The molecule has 1 aromatic heterocycles. The summed E-state index contributed by atoms with van der Waals surface area (Å²) in [7, 11) is 0.